The molecule has 168 valence electrons. The Bertz CT molecular complexity index is 1450. The van der Waals surface area contributed by atoms with Crippen molar-refractivity contribution in [1.29, 1.82) is 0 Å². The molecule has 0 aromatic carbocycles. The molecule has 1 aliphatic heterocycles. The first-order chi connectivity index (χ1) is 15.7. The lowest BCUT2D eigenvalue weighted by Crippen LogP contribution is -2.03. The molecule has 2 N–H and O–H groups in total. The zero-order valence-corrected chi connectivity index (χ0v) is 19.5. The Labute approximate surface area is 193 Å². The number of esters is 4. The Hall–Kier alpha value is -3.70. The van der Waals surface area contributed by atoms with Crippen molar-refractivity contribution in [1.82, 2.24) is 9.97 Å². The van der Waals surface area contributed by atoms with Gasteiger partial charge in [-0.25, -0.2) is 19.2 Å². The summed E-state index contributed by atoms with van der Waals surface area (Å²) >= 11 is 2.75. The molecule has 4 aromatic heterocycles. The van der Waals surface area contributed by atoms with Crippen molar-refractivity contribution in [2.45, 2.75) is 13.8 Å². The molecule has 5 rings (SSSR count). The zero-order chi connectivity index (χ0) is 23.6. The smallest absolute Gasteiger partial charge is 0.354 e. The quantitative estimate of drug-likeness (QED) is 0.255. The Kier molecular flexibility index (Phi) is 4.76. The molecule has 4 aromatic rings. The molecule has 0 saturated carbocycles. The van der Waals surface area contributed by atoms with E-state index in [2.05, 4.69) is 9.97 Å². The van der Waals surface area contributed by atoms with Gasteiger partial charge in [-0.05, 0) is 26.0 Å². The maximum absolute atomic E-state index is 12.9. The molecule has 0 aliphatic carbocycles. The highest BCUT2D eigenvalue weighted by Crippen LogP contribution is 2.46. The molecule has 0 saturated heterocycles. The number of carbonyl (C=O) groups is 4. The Morgan fingerprint density at radius 1 is 0.788 bits per heavy atom. The number of nitrogens with one attached hydrogen (secondary N) is 2. The van der Waals surface area contributed by atoms with Crippen molar-refractivity contribution in [2.24, 2.45) is 0 Å². The van der Waals surface area contributed by atoms with Gasteiger partial charge in [0.25, 0.3) is 0 Å². The van der Waals surface area contributed by atoms with Gasteiger partial charge >= 0.3 is 23.9 Å². The van der Waals surface area contributed by atoms with Crippen molar-refractivity contribution in [3.8, 4) is 0 Å². The molecule has 0 unspecified atom stereocenters. The molecule has 0 amide bonds. The molecule has 11 heteroatoms. The highest BCUT2D eigenvalue weighted by atomic mass is 32.1. The fraction of sp³-hybridized carbons (Fsp3) is 0.182. The first-order valence-electron chi connectivity index (χ1n) is 9.67. The van der Waals surface area contributed by atoms with Crippen molar-refractivity contribution in [3.63, 3.8) is 0 Å². The van der Waals surface area contributed by atoms with Crippen molar-refractivity contribution in [3.05, 3.63) is 44.4 Å². The summed E-state index contributed by atoms with van der Waals surface area (Å²) in [5.41, 5.74) is 2.77. The van der Waals surface area contributed by atoms with Crippen LogP contribution in [0.2, 0.25) is 0 Å². The highest BCUT2D eigenvalue weighted by Gasteiger charge is 2.40. The molecular formula is C22H16N2O7S2. The van der Waals surface area contributed by atoms with Crippen LogP contribution < -0.4 is 0 Å². The van der Waals surface area contributed by atoms with E-state index in [1.807, 2.05) is 13.8 Å². The summed E-state index contributed by atoms with van der Waals surface area (Å²) in [6.45, 7) is 3.65. The predicted octanol–water partition coefficient (Wildman–Crippen LogP) is 3.96. The molecule has 1 aliphatic rings. The number of ether oxygens (including phenoxy) is 3. The number of aromatic amines is 2. The van der Waals surface area contributed by atoms with Gasteiger partial charge in [0.2, 0.25) is 0 Å². The van der Waals surface area contributed by atoms with Crippen molar-refractivity contribution in [2.75, 3.05) is 14.2 Å². The third-order valence-electron chi connectivity index (χ3n) is 5.45. The predicted molar refractivity (Wildman–Crippen MR) is 122 cm³/mol. The number of thiophene rings is 2. The number of hydrogen-bond acceptors (Lipinski definition) is 9. The van der Waals surface area contributed by atoms with E-state index in [9.17, 15) is 19.2 Å². The van der Waals surface area contributed by atoms with E-state index in [-0.39, 0.29) is 22.5 Å². The summed E-state index contributed by atoms with van der Waals surface area (Å²) in [5, 5.41) is 0. The van der Waals surface area contributed by atoms with Gasteiger partial charge in [-0.15, -0.1) is 22.7 Å². The van der Waals surface area contributed by atoms with Crippen LogP contribution >= 0.6 is 22.7 Å². The monoisotopic (exact) mass is 484 g/mol. The minimum Gasteiger partial charge on any atom is -0.464 e. The van der Waals surface area contributed by atoms with Crippen LogP contribution in [0.4, 0.5) is 0 Å². The Morgan fingerprint density at radius 2 is 1.18 bits per heavy atom. The number of rotatable bonds is 4. The van der Waals surface area contributed by atoms with Crippen LogP contribution in [-0.4, -0.2) is 48.1 Å². The lowest BCUT2D eigenvalue weighted by atomic mass is 9.96. The number of cyclic esters (lactones) is 2. The number of hydrogen-bond donors (Lipinski definition) is 2. The van der Waals surface area contributed by atoms with E-state index in [0.29, 0.717) is 22.2 Å². The summed E-state index contributed by atoms with van der Waals surface area (Å²) in [4.78, 5) is 57.4. The maximum atomic E-state index is 12.9. The summed E-state index contributed by atoms with van der Waals surface area (Å²) in [7, 11) is 2.56. The van der Waals surface area contributed by atoms with Gasteiger partial charge < -0.3 is 24.2 Å². The lowest BCUT2D eigenvalue weighted by molar-refractivity contribution is -0.149. The minimum atomic E-state index is -0.773. The normalized spacial score (nSPS) is 13.9. The van der Waals surface area contributed by atoms with E-state index in [1.54, 1.807) is 12.1 Å². The molecular weight excluding hydrogens is 468 g/mol. The maximum Gasteiger partial charge on any atom is 0.354 e. The van der Waals surface area contributed by atoms with Gasteiger partial charge in [-0.1, -0.05) is 0 Å². The number of H-pyrrole nitrogens is 2. The highest BCUT2D eigenvalue weighted by molar-refractivity contribution is 7.20. The fourth-order valence-electron chi connectivity index (χ4n) is 4.07. The van der Waals surface area contributed by atoms with E-state index in [1.165, 1.54) is 36.9 Å². The molecule has 0 fully saturated rings. The van der Waals surface area contributed by atoms with Gasteiger partial charge in [0.15, 0.2) is 0 Å². The van der Waals surface area contributed by atoms with Crippen LogP contribution in [0.15, 0.2) is 12.1 Å². The van der Waals surface area contributed by atoms with Gasteiger partial charge in [0.05, 0.1) is 45.8 Å². The molecule has 0 bridgehead atoms. The summed E-state index contributed by atoms with van der Waals surface area (Å²) in [6, 6.07) is 3.29. The SMILES string of the molecule is COC(=O)c1cc2sc(C)c(C3=C(c4c(C)sc5cc(C(=O)OC)[nH]c45)C(=O)OC3=O)c2[nH]1. The van der Waals surface area contributed by atoms with Gasteiger partial charge in [-0.3, -0.25) is 0 Å². The van der Waals surface area contributed by atoms with Gasteiger partial charge in [0, 0.05) is 20.9 Å². The number of carbonyl (C=O) groups excluding carboxylic acids is 4. The summed E-state index contributed by atoms with van der Waals surface area (Å²) < 4.78 is 16.1. The Morgan fingerprint density at radius 3 is 1.55 bits per heavy atom. The second-order valence-electron chi connectivity index (χ2n) is 7.32. The van der Waals surface area contributed by atoms with Crippen molar-refractivity contribution < 1.29 is 33.4 Å². The van der Waals surface area contributed by atoms with Crippen LogP contribution in [0.25, 0.3) is 31.6 Å². The molecule has 9 nitrogen and oxygen atoms in total. The molecule has 5 heterocycles. The summed E-state index contributed by atoms with van der Waals surface area (Å²) in [5.74, 6) is -2.63. The average molecular weight is 485 g/mol. The molecule has 33 heavy (non-hydrogen) atoms. The topological polar surface area (TPSA) is 128 Å². The Balaban J connectivity index is 1.80. The van der Waals surface area contributed by atoms with Gasteiger partial charge in [0.1, 0.15) is 11.4 Å². The first kappa shape index (κ1) is 21.2. The third kappa shape index (κ3) is 3.04. The molecule has 0 spiro atoms. The van der Waals surface area contributed by atoms with Crippen molar-refractivity contribution >= 4 is 78.1 Å². The van der Waals surface area contributed by atoms with E-state index >= 15 is 0 Å². The zero-order valence-electron chi connectivity index (χ0n) is 17.8. The first-order valence-corrected chi connectivity index (χ1v) is 11.3. The summed E-state index contributed by atoms with van der Waals surface area (Å²) in [6.07, 6.45) is 0. The second kappa shape index (κ2) is 7.42. The third-order valence-corrected chi connectivity index (χ3v) is 7.55. The molecule has 0 atom stereocenters. The fourth-order valence-corrected chi connectivity index (χ4v) is 6.21. The minimum absolute atomic E-state index is 0.110. The van der Waals surface area contributed by atoms with Crippen LogP contribution in [0, 0.1) is 13.8 Å². The van der Waals surface area contributed by atoms with Gasteiger partial charge in [-0.2, -0.15) is 0 Å². The molecule has 0 radical (unpaired) electrons. The standard InChI is InChI=1S/C22H16N2O7S2/c1-7-13(17-11(32-7)5-9(23-17)19(25)29-3)15-16(22(28)31-21(15)27)14-8(2)33-12-6-10(20(26)30-4)24-18(12)14/h5-6,23-24H,1-4H3. The van der Waals surface area contributed by atoms with Crippen LogP contribution in [-0.2, 0) is 23.8 Å². The van der Waals surface area contributed by atoms with Crippen LogP contribution in [0.1, 0.15) is 41.9 Å². The lowest BCUT2D eigenvalue weighted by Gasteiger charge is -2.04. The number of aromatic nitrogens is 2. The van der Waals surface area contributed by atoms with Crippen LogP contribution in [0.3, 0.4) is 0 Å². The number of aryl methyl sites for hydroxylation is 2. The number of methoxy groups -OCH3 is 2. The average Bonchev–Trinajstić information content (AvgIpc) is 3.54. The van der Waals surface area contributed by atoms with E-state index in [4.69, 9.17) is 14.2 Å². The second-order valence-corrected chi connectivity index (χ2v) is 9.83. The van der Waals surface area contributed by atoms with E-state index < -0.39 is 23.9 Å². The number of fused-ring (bicyclic) bond motifs is 2. The largest absolute Gasteiger partial charge is 0.464 e. The van der Waals surface area contributed by atoms with Crippen LogP contribution in [0.5, 0.6) is 0 Å². The van der Waals surface area contributed by atoms with E-state index in [0.717, 1.165) is 19.2 Å².